The number of carboxylic acid groups (broad SMARTS) is 1. The second-order valence-electron chi connectivity index (χ2n) is 3.50. The Balaban J connectivity index is 2.11. The van der Waals surface area contributed by atoms with Crippen molar-refractivity contribution in [1.82, 2.24) is 0 Å². The first-order valence-electron chi connectivity index (χ1n) is 4.97. The highest BCUT2D eigenvalue weighted by Gasteiger charge is 2.13. The van der Waals surface area contributed by atoms with Crippen LogP contribution in [-0.4, -0.2) is 28.1 Å². The van der Waals surface area contributed by atoms with Gasteiger partial charge in [-0.15, -0.1) is 0 Å². The van der Waals surface area contributed by atoms with Gasteiger partial charge >= 0.3 is 5.97 Å². The zero-order chi connectivity index (χ0) is 10.4. The summed E-state index contributed by atoms with van der Waals surface area (Å²) in [6, 6.07) is -0.699. The average Bonchev–Trinajstić information content (AvgIpc) is 2.19. The van der Waals surface area contributed by atoms with Gasteiger partial charge in [-0.05, 0) is 31.4 Å². The van der Waals surface area contributed by atoms with Crippen LogP contribution in [0, 0.1) is 0 Å². The molecule has 4 heteroatoms. The predicted molar refractivity (Wildman–Crippen MR) is 59.5 cm³/mol. The van der Waals surface area contributed by atoms with Crippen LogP contribution in [0.1, 0.15) is 25.7 Å². The molecule has 0 spiro atoms. The van der Waals surface area contributed by atoms with Crippen LogP contribution in [0.2, 0.25) is 0 Å². The molecular weight excluding hydrogens is 198 g/mol. The van der Waals surface area contributed by atoms with Crippen molar-refractivity contribution in [3.63, 3.8) is 0 Å². The maximum Gasteiger partial charge on any atom is 0.320 e. The van der Waals surface area contributed by atoms with Gasteiger partial charge in [-0.2, -0.15) is 11.8 Å². The lowest BCUT2D eigenvalue weighted by atomic mass is 10.1. The van der Waals surface area contributed by atoms with Gasteiger partial charge in [0.1, 0.15) is 6.04 Å². The second-order valence-corrected chi connectivity index (χ2v) is 4.85. The molecular formula is C10H17NO2S. The van der Waals surface area contributed by atoms with Crippen molar-refractivity contribution in [3.8, 4) is 0 Å². The molecule has 0 bridgehead atoms. The fraction of sp³-hybridized carbons (Fsp3) is 0.700. The molecule has 0 aromatic carbocycles. The van der Waals surface area contributed by atoms with E-state index in [1.54, 1.807) is 0 Å². The third-order valence-electron chi connectivity index (χ3n) is 2.29. The Morgan fingerprint density at radius 1 is 1.71 bits per heavy atom. The quantitative estimate of drug-likeness (QED) is 0.684. The van der Waals surface area contributed by atoms with Crippen molar-refractivity contribution in [3.05, 3.63) is 12.2 Å². The van der Waals surface area contributed by atoms with E-state index in [0.717, 1.165) is 5.75 Å². The zero-order valence-electron chi connectivity index (χ0n) is 8.19. The Labute approximate surface area is 88.7 Å². The van der Waals surface area contributed by atoms with Crippen LogP contribution in [0.3, 0.4) is 0 Å². The Kier molecular flexibility index (Phi) is 5.04. The molecule has 1 aliphatic carbocycles. The lowest BCUT2D eigenvalue weighted by molar-refractivity contribution is -0.138. The fourth-order valence-electron chi connectivity index (χ4n) is 1.39. The smallest absolute Gasteiger partial charge is 0.320 e. The molecule has 2 atom stereocenters. The number of hydrogen-bond acceptors (Lipinski definition) is 3. The number of carboxylic acids is 1. The predicted octanol–water partition coefficient (Wildman–Crippen LogP) is 1.63. The Morgan fingerprint density at radius 2 is 2.50 bits per heavy atom. The van der Waals surface area contributed by atoms with E-state index in [-0.39, 0.29) is 0 Å². The Hall–Kier alpha value is -0.480. The topological polar surface area (TPSA) is 63.3 Å². The molecule has 3 N–H and O–H groups in total. The summed E-state index contributed by atoms with van der Waals surface area (Å²) in [6.45, 7) is 0. The van der Waals surface area contributed by atoms with Gasteiger partial charge in [0.15, 0.2) is 0 Å². The first-order chi connectivity index (χ1) is 6.70. The van der Waals surface area contributed by atoms with E-state index in [9.17, 15) is 4.79 Å². The number of aliphatic carboxylic acids is 1. The fourth-order valence-corrected chi connectivity index (χ4v) is 2.64. The van der Waals surface area contributed by atoms with Crippen molar-refractivity contribution >= 4 is 17.7 Å². The number of carbonyl (C=O) groups is 1. The van der Waals surface area contributed by atoms with Gasteiger partial charge in [-0.25, -0.2) is 0 Å². The molecule has 0 saturated heterocycles. The Bertz CT molecular complexity index is 218. The molecule has 1 aliphatic rings. The highest BCUT2D eigenvalue weighted by molar-refractivity contribution is 8.00. The third kappa shape index (κ3) is 4.15. The standard InChI is InChI=1S/C10H17NO2S/c11-9(10(12)13)6-7-14-8-4-2-1-3-5-8/h2,4,8-9H,1,3,5-7,11H2,(H,12,13). The zero-order valence-corrected chi connectivity index (χ0v) is 9.00. The molecule has 0 heterocycles. The van der Waals surface area contributed by atoms with Gasteiger partial charge in [-0.3, -0.25) is 4.79 Å². The van der Waals surface area contributed by atoms with E-state index in [2.05, 4.69) is 12.2 Å². The maximum atomic E-state index is 10.4. The molecule has 80 valence electrons. The lowest BCUT2D eigenvalue weighted by Crippen LogP contribution is -2.30. The summed E-state index contributed by atoms with van der Waals surface area (Å²) in [5.41, 5.74) is 5.40. The average molecular weight is 215 g/mol. The second kappa shape index (κ2) is 6.09. The number of hydrogen-bond donors (Lipinski definition) is 2. The summed E-state index contributed by atoms with van der Waals surface area (Å²) < 4.78 is 0. The molecule has 14 heavy (non-hydrogen) atoms. The molecule has 0 fully saturated rings. The van der Waals surface area contributed by atoms with Crippen molar-refractivity contribution in [2.75, 3.05) is 5.75 Å². The van der Waals surface area contributed by atoms with Crippen LogP contribution < -0.4 is 5.73 Å². The highest BCUT2D eigenvalue weighted by Crippen LogP contribution is 2.23. The van der Waals surface area contributed by atoms with E-state index in [1.807, 2.05) is 11.8 Å². The minimum Gasteiger partial charge on any atom is -0.480 e. The molecule has 0 aromatic rings. The minimum atomic E-state index is -0.898. The number of rotatable bonds is 5. The van der Waals surface area contributed by atoms with Crippen LogP contribution in [0.4, 0.5) is 0 Å². The molecule has 2 unspecified atom stereocenters. The first kappa shape index (κ1) is 11.6. The third-order valence-corrected chi connectivity index (χ3v) is 3.58. The monoisotopic (exact) mass is 215 g/mol. The maximum absolute atomic E-state index is 10.4. The first-order valence-corrected chi connectivity index (χ1v) is 6.01. The molecule has 0 radical (unpaired) electrons. The van der Waals surface area contributed by atoms with E-state index < -0.39 is 12.0 Å². The molecule has 0 aliphatic heterocycles. The Morgan fingerprint density at radius 3 is 3.07 bits per heavy atom. The van der Waals surface area contributed by atoms with Crippen LogP contribution >= 0.6 is 11.8 Å². The lowest BCUT2D eigenvalue weighted by Gasteiger charge is -2.16. The molecule has 0 aromatic heterocycles. The van der Waals surface area contributed by atoms with Crippen LogP contribution in [0.25, 0.3) is 0 Å². The van der Waals surface area contributed by atoms with Crippen molar-refractivity contribution in [1.29, 1.82) is 0 Å². The summed E-state index contributed by atoms with van der Waals surface area (Å²) in [6.07, 6.45) is 8.64. The summed E-state index contributed by atoms with van der Waals surface area (Å²) in [5, 5.41) is 9.14. The van der Waals surface area contributed by atoms with Crippen molar-refractivity contribution in [2.45, 2.75) is 37.0 Å². The van der Waals surface area contributed by atoms with Crippen molar-refractivity contribution < 1.29 is 9.90 Å². The summed E-state index contributed by atoms with van der Waals surface area (Å²) in [5.74, 6) is -0.0626. The number of nitrogens with two attached hydrogens (primary N) is 1. The molecule has 0 amide bonds. The molecule has 0 saturated carbocycles. The normalized spacial score (nSPS) is 23.4. The molecule has 3 nitrogen and oxygen atoms in total. The van der Waals surface area contributed by atoms with E-state index in [1.165, 1.54) is 19.3 Å². The summed E-state index contributed by atoms with van der Waals surface area (Å²) >= 11 is 1.81. The van der Waals surface area contributed by atoms with Gasteiger partial charge < -0.3 is 10.8 Å². The van der Waals surface area contributed by atoms with Gasteiger partial charge in [0.2, 0.25) is 0 Å². The summed E-state index contributed by atoms with van der Waals surface area (Å²) in [4.78, 5) is 10.4. The summed E-state index contributed by atoms with van der Waals surface area (Å²) in [7, 11) is 0. The van der Waals surface area contributed by atoms with Crippen LogP contribution in [0.15, 0.2) is 12.2 Å². The van der Waals surface area contributed by atoms with E-state index >= 15 is 0 Å². The molecule has 1 rings (SSSR count). The SMILES string of the molecule is NC(CCSC1C=CCCC1)C(=O)O. The van der Waals surface area contributed by atoms with Crippen molar-refractivity contribution in [2.24, 2.45) is 5.73 Å². The van der Waals surface area contributed by atoms with Gasteiger partial charge in [0.05, 0.1) is 0 Å². The van der Waals surface area contributed by atoms with Gasteiger partial charge in [0.25, 0.3) is 0 Å². The largest absolute Gasteiger partial charge is 0.480 e. The van der Waals surface area contributed by atoms with Gasteiger partial charge in [-0.1, -0.05) is 12.2 Å². The van der Waals surface area contributed by atoms with Crippen LogP contribution in [-0.2, 0) is 4.79 Å². The van der Waals surface area contributed by atoms with E-state index in [0.29, 0.717) is 11.7 Å². The van der Waals surface area contributed by atoms with Crippen LogP contribution in [0.5, 0.6) is 0 Å². The highest BCUT2D eigenvalue weighted by atomic mass is 32.2. The number of allylic oxidation sites excluding steroid dienone is 1. The number of thioether (sulfide) groups is 1. The van der Waals surface area contributed by atoms with Gasteiger partial charge in [0, 0.05) is 5.25 Å². The van der Waals surface area contributed by atoms with E-state index in [4.69, 9.17) is 10.8 Å². The minimum absolute atomic E-state index is 0.560.